The molecule has 3 aromatic heterocycles. The molecule has 1 saturated heterocycles. The van der Waals surface area contributed by atoms with E-state index in [2.05, 4.69) is 4.98 Å². The van der Waals surface area contributed by atoms with Gasteiger partial charge in [0, 0.05) is 56.1 Å². The first-order valence-electron chi connectivity index (χ1n) is 13.4. The van der Waals surface area contributed by atoms with E-state index >= 15 is 4.39 Å². The first-order chi connectivity index (χ1) is 19.8. The van der Waals surface area contributed by atoms with Crippen molar-refractivity contribution in [3.05, 3.63) is 71.6 Å². The van der Waals surface area contributed by atoms with Crippen molar-refractivity contribution >= 4 is 62.5 Å². The molecule has 0 unspecified atom stereocenters. The van der Waals surface area contributed by atoms with E-state index in [1.807, 2.05) is 9.47 Å². The molecule has 7 rings (SSSR count). The molecule has 0 N–H and O–H groups in total. The van der Waals surface area contributed by atoms with Crippen LogP contribution in [0.5, 0.6) is 0 Å². The number of piperidine rings is 1. The number of likely N-dealkylation sites (tertiary alicyclic amines) is 1. The standard InChI is InChI=1S/C29H24ClFN6O4/c30-28(40)37-26(38)23(24(27(37)39)21-14-32-22-6-2-5-9-36(21)22)20-16-34-10-11-35(29(41)33-7-3-1-4-8-33)15-17-12-18(31)13-19(20)25(17)34/h2,5-6,9,12-14,16H,1,3-4,7-8,10-11,15H2. The number of rotatable bonds is 2. The van der Waals surface area contributed by atoms with Gasteiger partial charge in [-0.1, -0.05) is 6.07 Å². The van der Waals surface area contributed by atoms with Crippen molar-refractivity contribution in [2.45, 2.75) is 32.4 Å². The van der Waals surface area contributed by atoms with Gasteiger partial charge in [-0.3, -0.25) is 18.8 Å². The number of imide groups is 3. The van der Waals surface area contributed by atoms with Crippen LogP contribution < -0.4 is 0 Å². The second-order valence-electron chi connectivity index (χ2n) is 10.5. The second-order valence-corrected chi connectivity index (χ2v) is 10.8. The summed E-state index contributed by atoms with van der Waals surface area (Å²) in [6.45, 7) is 2.39. The number of aromatic nitrogens is 3. The Bertz CT molecular complexity index is 1840. The second kappa shape index (κ2) is 9.55. The number of benzene rings is 1. The normalized spacial score (nSPS) is 17.8. The molecule has 0 aliphatic carbocycles. The number of nitrogens with zero attached hydrogens (tertiary/aromatic N) is 6. The lowest BCUT2D eigenvalue weighted by molar-refractivity contribution is -0.131. The predicted molar refractivity (Wildman–Crippen MR) is 148 cm³/mol. The van der Waals surface area contributed by atoms with Gasteiger partial charge in [-0.15, -0.1) is 0 Å². The summed E-state index contributed by atoms with van der Waals surface area (Å²) >= 11 is 5.70. The van der Waals surface area contributed by atoms with Crippen LogP contribution in [0.15, 0.2) is 48.9 Å². The molecule has 1 aromatic carbocycles. The Hall–Kier alpha value is -4.51. The van der Waals surface area contributed by atoms with E-state index in [0.29, 0.717) is 64.4 Å². The Labute approximate surface area is 238 Å². The molecule has 0 radical (unpaired) electrons. The van der Waals surface area contributed by atoms with Crippen LogP contribution in [-0.2, 0) is 22.7 Å². The van der Waals surface area contributed by atoms with Gasteiger partial charge in [0.2, 0.25) is 0 Å². The molecule has 41 heavy (non-hydrogen) atoms. The maximum absolute atomic E-state index is 15.2. The number of fused-ring (bicyclic) bond motifs is 1. The predicted octanol–water partition coefficient (Wildman–Crippen LogP) is 4.49. The number of pyridine rings is 1. The quantitative estimate of drug-likeness (QED) is 0.200. The van der Waals surface area contributed by atoms with Gasteiger partial charge in [0.25, 0.3) is 11.8 Å². The van der Waals surface area contributed by atoms with Crippen LogP contribution in [0.4, 0.5) is 14.0 Å². The zero-order chi connectivity index (χ0) is 28.4. The van der Waals surface area contributed by atoms with Crippen molar-refractivity contribution in [3.63, 3.8) is 0 Å². The zero-order valence-electron chi connectivity index (χ0n) is 21.8. The van der Waals surface area contributed by atoms with Gasteiger partial charge in [-0.2, -0.15) is 4.90 Å². The molecule has 4 aromatic rings. The summed E-state index contributed by atoms with van der Waals surface area (Å²) in [7, 11) is 0. The lowest BCUT2D eigenvalue weighted by Gasteiger charge is -2.32. The zero-order valence-corrected chi connectivity index (χ0v) is 22.6. The maximum atomic E-state index is 15.2. The summed E-state index contributed by atoms with van der Waals surface area (Å²) in [5, 5.41) is -0.830. The average Bonchev–Trinajstić information content (AvgIpc) is 3.57. The molecule has 1 fully saturated rings. The van der Waals surface area contributed by atoms with Gasteiger partial charge in [0.05, 0.1) is 28.6 Å². The third kappa shape index (κ3) is 3.94. The molecule has 3 aliphatic rings. The van der Waals surface area contributed by atoms with Gasteiger partial charge in [-0.05, 0) is 60.7 Å². The summed E-state index contributed by atoms with van der Waals surface area (Å²) in [4.78, 5) is 61.1. The number of urea groups is 1. The highest BCUT2D eigenvalue weighted by molar-refractivity contribution is 6.69. The fourth-order valence-corrected chi connectivity index (χ4v) is 6.40. The van der Waals surface area contributed by atoms with Gasteiger partial charge in [0.15, 0.2) is 0 Å². The Morgan fingerprint density at radius 1 is 0.927 bits per heavy atom. The van der Waals surface area contributed by atoms with E-state index in [0.717, 1.165) is 19.3 Å². The summed E-state index contributed by atoms with van der Waals surface area (Å²) in [6, 6.07) is 7.92. The Balaban J connectivity index is 1.40. The molecule has 3 aliphatic heterocycles. The Morgan fingerprint density at radius 2 is 1.71 bits per heavy atom. The third-order valence-electron chi connectivity index (χ3n) is 8.09. The number of amides is 5. The van der Waals surface area contributed by atoms with Crippen molar-refractivity contribution in [1.29, 1.82) is 0 Å². The highest BCUT2D eigenvalue weighted by Crippen LogP contribution is 2.41. The third-order valence-corrected chi connectivity index (χ3v) is 8.26. The van der Waals surface area contributed by atoms with E-state index in [1.54, 1.807) is 39.9 Å². The summed E-state index contributed by atoms with van der Waals surface area (Å²) in [5.41, 5.74) is 2.29. The van der Waals surface area contributed by atoms with Crippen molar-refractivity contribution in [2.24, 2.45) is 0 Å². The number of halogens is 2. The van der Waals surface area contributed by atoms with Crippen molar-refractivity contribution in [2.75, 3.05) is 19.6 Å². The van der Waals surface area contributed by atoms with Crippen LogP contribution in [0.3, 0.4) is 0 Å². The number of carbonyl (C=O) groups is 4. The van der Waals surface area contributed by atoms with Gasteiger partial charge >= 0.3 is 11.4 Å². The maximum Gasteiger partial charge on any atom is 0.330 e. The molecule has 0 atom stereocenters. The summed E-state index contributed by atoms with van der Waals surface area (Å²) < 4.78 is 18.7. The van der Waals surface area contributed by atoms with Crippen molar-refractivity contribution in [1.82, 2.24) is 28.7 Å². The summed E-state index contributed by atoms with van der Waals surface area (Å²) in [6.07, 6.45) is 7.87. The Morgan fingerprint density at radius 3 is 2.49 bits per heavy atom. The highest BCUT2D eigenvalue weighted by atomic mass is 35.5. The van der Waals surface area contributed by atoms with Gasteiger partial charge < -0.3 is 14.4 Å². The largest absolute Gasteiger partial charge is 0.345 e. The smallest absolute Gasteiger partial charge is 0.330 e. The van der Waals surface area contributed by atoms with Crippen LogP contribution in [0.1, 0.15) is 36.1 Å². The summed E-state index contributed by atoms with van der Waals surface area (Å²) in [5.74, 6) is -2.31. The molecule has 0 spiro atoms. The van der Waals surface area contributed by atoms with E-state index in [-0.39, 0.29) is 23.7 Å². The van der Waals surface area contributed by atoms with E-state index in [9.17, 15) is 19.2 Å². The van der Waals surface area contributed by atoms with Crippen LogP contribution in [0.2, 0.25) is 0 Å². The number of hydrogen-bond donors (Lipinski definition) is 0. The fourth-order valence-electron chi connectivity index (χ4n) is 6.24. The molecule has 208 valence electrons. The molecular weight excluding hydrogens is 551 g/mol. The van der Waals surface area contributed by atoms with Gasteiger partial charge in [-0.25, -0.2) is 14.2 Å². The molecule has 10 nitrogen and oxygen atoms in total. The molecular formula is C29H24ClFN6O4. The minimum absolute atomic E-state index is 0.0495. The van der Waals surface area contributed by atoms with Crippen LogP contribution in [-0.4, -0.2) is 71.5 Å². The van der Waals surface area contributed by atoms with Crippen LogP contribution in [0.25, 0.3) is 27.7 Å². The van der Waals surface area contributed by atoms with Crippen LogP contribution >= 0.6 is 11.6 Å². The molecule has 0 saturated carbocycles. The monoisotopic (exact) mass is 574 g/mol. The van der Waals surface area contributed by atoms with Crippen molar-refractivity contribution < 1.29 is 23.6 Å². The van der Waals surface area contributed by atoms with E-state index < -0.39 is 23.0 Å². The number of imidazole rings is 1. The average molecular weight is 575 g/mol. The van der Waals surface area contributed by atoms with E-state index in [4.69, 9.17) is 11.6 Å². The van der Waals surface area contributed by atoms with Crippen molar-refractivity contribution in [3.8, 4) is 0 Å². The minimum Gasteiger partial charge on any atom is -0.345 e. The lowest BCUT2D eigenvalue weighted by Crippen LogP contribution is -2.45. The van der Waals surface area contributed by atoms with Crippen LogP contribution in [0, 0.1) is 5.82 Å². The topological polar surface area (TPSA) is 100 Å². The first-order valence-corrected chi connectivity index (χ1v) is 13.8. The SMILES string of the molecule is O=C(N1CCCCC1)N1CCn2cc(C3=C(c4cnc5ccccn45)C(=O)N(C(=O)Cl)C3=O)c3cc(F)cc(c32)C1. The molecule has 5 amide bonds. The molecule has 12 heteroatoms. The lowest BCUT2D eigenvalue weighted by atomic mass is 9.98. The first kappa shape index (κ1) is 25.5. The number of hydrogen-bond acceptors (Lipinski definition) is 5. The minimum atomic E-state index is -1.23. The Kier molecular flexibility index (Phi) is 5.93. The van der Waals surface area contributed by atoms with Gasteiger partial charge in [0.1, 0.15) is 11.5 Å². The highest BCUT2D eigenvalue weighted by Gasteiger charge is 2.45. The fraction of sp³-hybridized carbons (Fsp3) is 0.276. The molecule has 0 bridgehead atoms. The van der Waals surface area contributed by atoms with E-state index in [1.165, 1.54) is 18.3 Å². The molecule has 6 heterocycles. The number of carbonyl (C=O) groups excluding carboxylic acids is 4.